The highest BCUT2D eigenvalue weighted by molar-refractivity contribution is 5.62. The summed E-state index contributed by atoms with van der Waals surface area (Å²) in [6.45, 7) is 2.60. The van der Waals surface area contributed by atoms with Gasteiger partial charge >= 0.3 is 0 Å². The molecule has 18 heavy (non-hydrogen) atoms. The number of hydrogen-bond donors (Lipinski definition) is 2. The summed E-state index contributed by atoms with van der Waals surface area (Å²) in [4.78, 5) is 0. The smallest absolute Gasteiger partial charge is 0.148 e. The lowest BCUT2D eigenvalue weighted by Crippen LogP contribution is -2.25. The van der Waals surface area contributed by atoms with Gasteiger partial charge in [-0.25, -0.2) is 4.39 Å². The van der Waals surface area contributed by atoms with Crippen molar-refractivity contribution in [1.29, 1.82) is 0 Å². The van der Waals surface area contributed by atoms with Crippen molar-refractivity contribution >= 4 is 11.4 Å². The van der Waals surface area contributed by atoms with E-state index in [-0.39, 0.29) is 11.9 Å². The Balaban J connectivity index is 2.87. The Morgan fingerprint density at radius 2 is 2.11 bits per heavy atom. The van der Waals surface area contributed by atoms with Crippen LogP contribution in [0.5, 0.6) is 5.75 Å². The Bertz CT molecular complexity index is 379. The van der Waals surface area contributed by atoms with Gasteiger partial charge in [0.2, 0.25) is 0 Å². The molecule has 0 aliphatic rings. The van der Waals surface area contributed by atoms with Crippen molar-refractivity contribution in [3.05, 3.63) is 17.9 Å². The lowest BCUT2D eigenvalue weighted by Gasteiger charge is -2.19. The highest BCUT2D eigenvalue weighted by Crippen LogP contribution is 2.28. The largest absolute Gasteiger partial charge is 0.495 e. The van der Waals surface area contributed by atoms with Gasteiger partial charge in [-0.2, -0.15) is 0 Å². The van der Waals surface area contributed by atoms with Crippen molar-refractivity contribution in [3.8, 4) is 5.75 Å². The highest BCUT2D eigenvalue weighted by Gasteiger charge is 2.13. The maximum atomic E-state index is 13.8. The topological polar surface area (TPSA) is 56.5 Å². The first-order chi connectivity index (χ1) is 8.62. The van der Waals surface area contributed by atoms with Crippen LogP contribution in [-0.2, 0) is 4.74 Å². The highest BCUT2D eigenvalue weighted by atomic mass is 19.1. The third-order valence-corrected chi connectivity index (χ3v) is 2.68. The average Bonchev–Trinajstić information content (AvgIpc) is 2.33. The number of ether oxygens (including phenoxy) is 2. The van der Waals surface area contributed by atoms with E-state index in [0.29, 0.717) is 23.7 Å². The van der Waals surface area contributed by atoms with Gasteiger partial charge in [0.15, 0.2) is 0 Å². The van der Waals surface area contributed by atoms with Crippen LogP contribution in [0.2, 0.25) is 0 Å². The van der Waals surface area contributed by atoms with Crippen molar-refractivity contribution < 1.29 is 13.9 Å². The molecular weight excluding hydrogens is 235 g/mol. The number of rotatable bonds is 7. The monoisotopic (exact) mass is 256 g/mol. The molecule has 0 saturated heterocycles. The van der Waals surface area contributed by atoms with Crippen LogP contribution in [0.4, 0.5) is 15.8 Å². The molecule has 1 aromatic carbocycles. The molecule has 0 fully saturated rings. The second-order valence-electron chi connectivity index (χ2n) is 4.16. The van der Waals surface area contributed by atoms with Gasteiger partial charge in [-0.1, -0.05) is 13.3 Å². The van der Waals surface area contributed by atoms with Crippen LogP contribution in [0.1, 0.15) is 19.8 Å². The fraction of sp³-hybridized carbons (Fsp3) is 0.538. The molecule has 0 saturated carbocycles. The fourth-order valence-corrected chi connectivity index (χ4v) is 1.82. The number of nitrogens with one attached hydrogen (secondary N) is 1. The van der Waals surface area contributed by atoms with Crippen LogP contribution in [-0.4, -0.2) is 26.9 Å². The summed E-state index contributed by atoms with van der Waals surface area (Å²) in [5.74, 6) is 0.0806. The molecule has 0 aromatic heterocycles. The number of anilines is 2. The van der Waals surface area contributed by atoms with Crippen molar-refractivity contribution in [2.75, 3.05) is 31.9 Å². The van der Waals surface area contributed by atoms with Gasteiger partial charge in [0, 0.05) is 25.3 Å². The lowest BCUT2D eigenvalue weighted by atomic mass is 10.1. The molecule has 102 valence electrons. The van der Waals surface area contributed by atoms with Crippen LogP contribution in [0.15, 0.2) is 12.1 Å². The minimum absolute atomic E-state index is 0.0721. The molecule has 1 unspecified atom stereocenters. The Morgan fingerprint density at radius 3 is 2.67 bits per heavy atom. The van der Waals surface area contributed by atoms with E-state index in [9.17, 15) is 4.39 Å². The summed E-state index contributed by atoms with van der Waals surface area (Å²) in [6.07, 6.45) is 1.90. The van der Waals surface area contributed by atoms with E-state index in [1.54, 1.807) is 13.2 Å². The molecule has 0 spiro atoms. The molecule has 4 nitrogen and oxygen atoms in total. The molecule has 0 radical (unpaired) electrons. The number of halogens is 1. The molecule has 5 heteroatoms. The maximum absolute atomic E-state index is 13.8. The second kappa shape index (κ2) is 7.06. The summed E-state index contributed by atoms with van der Waals surface area (Å²) in [7, 11) is 3.14. The van der Waals surface area contributed by atoms with Crippen LogP contribution in [0.25, 0.3) is 0 Å². The van der Waals surface area contributed by atoms with E-state index >= 15 is 0 Å². The molecule has 0 aliphatic heterocycles. The third-order valence-electron chi connectivity index (χ3n) is 2.68. The lowest BCUT2D eigenvalue weighted by molar-refractivity contribution is 0.182. The molecule has 3 N–H and O–H groups in total. The number of nitrogen functional groups attached to an aromatic ring is 1. The molecule has 1 rings (SSSR count). The number of methoxy groups -OCH3 is 2. The Hall–Kier alpha value is -1.49. The SMILES string of the molecule is CCCC(COC)Nc1cc(OC)c(N)cc1F. The van der Waals surface area contributed by atoms with Gasteiger partial charge in [0.1, 0.15) is 11.6 Å². The summed E-state index contributed by atoms with van der Waals surface area (Å²) in [6, 6.07) is 2.91. The van der Waals surface area contributed by atoms with Crippen molar-refractivity contribution in [2.24, 2.45) is 0 Å². The molecule has 0 amide bonds. The van der Waals surface area contributed by atoms with Gasteiger partial charge in [0.25, 0.3) is 0 Å². The van der Waals surface area contributed by atoms with Gasteiger partial charge in [-0.05, 0) is 6.42 Å². The molecule has 0 bridgehead atoms. The maximum Gasteiger partial charge on any atom is 0.148 e. The second-order valence-corrected chi connectivity index (χ2v) is 4.16. The van der Waals surface area contributed by atoms with E-state index in [2.05, 4.69) is 12.2 Å². The quantitative estimate of drug-likeness (QED) is 0.736. The third kappa shape index (κ3) is 3.77. The average molecular weight is 256 g/mol. The van der Waals surface area contributed by atoms with E-state index in [0.717, 1.165) is 12.8 Å². The van der Waals surface area contributed by atoms with Gasteiger partial charge < -0.3 is 20.5 Å². The molecule has 1 aromatic rings. The minimum atomic E-state index is -0.384. The van der Waals surface area contributed by atoms with E-state index < -0.39 is 0 Å². The van der Waals surface area contributed by atoms with Crippen molar-refractivity contribution in [2.45, 2.75) is 25.8 Å². The van der Waals surface area contributed by atoms with E-state index in [1.807, 2.05) is 0 Å². The zero-order chi connectivity index (χ0) is 13.5. The Labute approximate surface area is 107 Å². The van der Waals surface area contributed by atoms with Gasteiger partial charge in [0.05, 0.1) is 25.1 Å². The fourth-order valence-electron chi connectivity index (χ4n) is 1.82. The zero-order valence-electron chi connectivity index (χ0n) is 11.1. The number of benzene rings is 1. The Kier molecular flexibility index (Phi) is 5.71. The van der Waals surface area contributed by atoms with E-state index in [1.165, 1.54) is 13.2 Å². The summed E-state index contributed by atoms with van der Waals surface area (Å²) < 4.78 is 24.0. The van der Waals surface area contributed by atoms with Crippen LogP contribution in [0.3, 0.4) is 0 Å². The molecular formula is C13H21FN2O2. The first-order valence-corrected chi connectivity index (χ1v) is 6.00. The first kappa shape index (κ1) is 14.6. The summed E-state index contributed by atoms with van der Waals surface area (Å²) in [5, 5.41) is 3.12. The molecule has 0 aliphatic carbocycles. The van der Waals surface area contributed by atoms with Crippen LogP contribution < -0.4 is 15.8 Å². The van der Waals surface area contributed by atoms with E-state index in [4.69, 9.17) is 15.2 Å². The van der Waals surface area contributed by atoms with Crippen LogP contribution >= 0.6 is 0 Å². The summed E-state index contributed by atoms with van der Waals surface area (Å²) >= 11 is 0. The van der Waals surface area contributed by atoms with Gasteiger partial charge in [-0.3, -0.25) is 0 Å². The predicted molar refractivity (Wildman–Crippen MR) is 71.6 cm³/mol. The number of nitrogens with two attached hydrogens (primary N) is 1. The van der Waals surface area contributed by atoms with Crippen LogP contribution in [0, 0.1) is 5.82 Å². The summed E-state index contributed by atoms with van der Waals surface area (Å²) in [5.41, 5.74) is 6.31. The normalized spacial score (nSPS) is 12.2. The minimum Gasteiger partial charge on any atom is -0.495 e. The van der Waals surface area contributed by atoms with Crippen molar-refractivity contribution in [1.82, 2.24) is 0 Å². The van der Waals surface area contributed by atoms with Crippen molar-refractivity contribution in [3.63, 3.8) is 0 Å². The predicted octanol–water partition coefficient (Wildman–Crippen LogP) is 2.64. The standard InChI is InChI=1S/C13H21FN2O2/c1-4-5-9(8-17-2)16-12-7-13(18-3)11(15)6-10(12)14/h6-7,9,16H,4-5,8,15H2,1-3H3. The zero-order valence-corrected chi connectivity index (χ0v) is 11.1. The molecule has 0 heterocycles. The first-order valence-electron chi connectivity index (χ1n) is 6.00. The number of hydrogen-bond acceptors (Lipinski definition) is 4. The van der Waals surface area contributed by atoms with Gasteiger partial charge in [-0.15, -0.1) is 0 Å². The Morgan fingerprint density at radius 1 is 1.39 bits per heavy atom. The molecule has 1 atom stereocenters.